The van der Waals surface area contributed by atoms with Crippen LogP contribution in [0.5, 0.6) is 0 Å². The zero-order valence-corrected chi connectivity index (χ0v) is 22.6. The Kier molecular flexibility index (Phi) is 11.2. The lowest BCUT2D eigenvalue weighted by atomic mass is 9.60. The first kappa shape index (κ1) is 31.8. The van der Waals surface area contributed by atoms with E-state index in [1.807, 2.05) is 13.8 Å². The Labute approximate surface area is 204 Å². The number of carboxylic acids is 2. The minimum absolute atomic E-state index is 0.0821. The molecule has 0 aromatic carbocycles. The second-order valence-electron chi connectivity index (χ2n) is 12.2. The SMILES string of the molecule is COCCC(C)(C)C(=O)NC(CCC(=O)NC(C(=O)O)C(C)(C)CC(C)(C)C(C)(C)C)C(=O)O. The number of carboxylic acid groups (broad SMARTS) is 2. The molecular weight excluding hydrogens is 440 g/mol. The Morgan fingerprint density at radius 1 is 0.853 bits per heavy atom. The van der Waals surface area contributed by atoms with Gasteiger partial charge in [0.15, 0.2) is 0 Å². The van der Waals surface area contributed by atoms with Gasteiger partial charge in [0, 0.05) is 25.6 Å². The fraction of sp³-hybridized carbons (Fsp3) is 0.840. The first-order valence-corrected chi connectivity index (χ1v) is 11.7. The average Bonchev–Trinajstić information content (AvgIpc) is 2.65. The maximum Gasteiger partial charge on any atom is 0.326 e. The van der Waals surface area contributed by atoms with Crippen molar-refractivity contribution in [1.29, 1.82) is 0 Å². The van der Waals surface area contributed by atoms with Crippen LogP contribution in [0.25, 0.3) is 0 Å². The monoisotopic (exact) mass is 486 g/mol. The zero-order chi connectivity index (χ0) is 27.1. The molecule has 2 atom stereocenters. The second kappa shape index (κ2) is 12.0. The fourth-order valence-corrected chi connectivity index (χ4v) is 3.69. The van der Waals surface area contributed by atoms with Gasteiger partial charge in [0.05, 0.1) is 0 Å². The summed E-state index contributed by atoms with van der Waals surface area (Å²) < 4.78 is 4.99. The number of hydrogen-bond acceptors (Lipinski definition) is 5. The van der Waals surface area contributed by atoms with Crippen molar-refractivity contribution in [3.05, 3.63) is 0 Å². The lowest BCUT2D eigenvalue weighted by Gasteiger charge is -2.46. The van der Waals surface area contributed by atoms with Crippen molar-refractivity contribution in [3.8, 4) is 0 Å². The van der Waals surface area contributed by atoms with Gasteiger partial charge in [0.1, 0.15) is 12.1 Å². The summed E-state index contributed by atoms with van der Waals surface area (Å²) in [6, 6.07) is -2.41. The molecule has 198 valence electrons. The number of hydrogen-bond donors (Lipinski definition) is 4. The topological polar surface area (TPSA) is 142 Å². The summed E-state index contributed by atoms with van der Waals surface area (Å²) in [4.78, 5) is 48.8. The second-order valence-corrected chi connectivity index (χ2v) is 12.2. The van der Waals surface area contributed by atoms with Crippen LogP contribution in [0.1, 0.15) is 88.0 Å². The molecule has 0 aliphatic heterocycles. The van der Waals surface area contributed by atoms with E-state index >= 15 is 0 Å². The Bertz CT molecular complexity index is 736. The lowest BCUT2D eigenvalue weighted by Crippen LogP contribution is -2.53. The van der Waals surface area contributed by atoms with Crippen molar-refractivity contribution >= 4 is 23.8 Å². The summed E-state index contributed by atoms with van der Waals surface area (Å²) in [5.41, 5.74) is -1.89. The van der Waals surface area contributed by atoms with Gasteiger partial charge in [-0.3, -0.25) is 9.59 Å². The third-order valence-electron chi connectivity index (χ3n) is 7.07. The minimum atomic E-state index is -1.27. The first-order chi connectivity index (χ1) is 15.2. The highest BCUT2D eigenvalue weighted by Gasteiger charge is 2.44. The zero-order valence-electron chi connectivity index (χ0n) is 22.6. The summed E-state index contributed by atoms with van der Waals surface area (Å²) in [7, 11) is 1.52. The maximum atomic E-state index is 12.6. The van der Waals surface area contributed by atoms with E-state index in [0.29, 0.717) is 19.4 Å². The van der Waals surface area contributed by atoms with Gasteiger partial charge in [-0.25, -0.2) is 9.59 Å². The summed E-state index contributed by atoms with van der Waals surface area (Å²) in [5.74, 6) is -3.43. The van der Waals surface area contributed by atoms with Gasteiger partial charge in [-0.05, 0) is 35.5 Å². The van der Waals surface area contributed by atoms with Crippen LogP contribution in [0.4, 0.5) is 0 Å². The predicted molar refractivity (Wildman–Crippen MR) is 130 cm³/mol. The van der Waals surface area contributed by atoms with Crippen LogP contribution >= 0.6 is 0 Å². The normalized spacial score (nSPS) is 14.8. The van der Waals surface area contributed by atoms with Crippen molar-refractivity contribution in [2.45, 2.75) is 100 Å². The van der Waals surface area contributed by atoms with Crippen LogP contribution < -0.4 is 10.6 Å². The van der Waals surface area contributed by atoms with Gasteiger partial charge >= 0.3 is 11.9 Å². The molecule has 0 saturated heterocycles. The summed E-state index contributed by atoms with van der Waals surface area (Å²) in [5, 5.41) is 24.4. The highest BCUT2D eigenvalue weighted by Crippen LogP contribution is 2.47. The first-order valence-electron chi connectivity index (χ1n) is 11.7. The summed E-state index contributed by atoms with van der Waals surface area (Å²) >= 11 is 0. The Hall–Kier alpha value is -2.16. The average molecular weight is 487 g/mol. The predicted octanol–water partition coefficient (Wildman–Crippen LogP) is 3.46. The Morgan fingerprint density at radius 3 is 1.79 bits per heavy atom. The van der Waals surface area contributed by atoms with Crippen LogP contribution in [-0.4, -0.2) is 59.8 Å². The van der Waals surface area contributed by atoms with E-state index in [9.17, 15) is 29.4 Å². The van der Waals surface area contributed by atoms with Crippen molar-refractivity contribution in [2.75, 3.05) is 13.7 Å². The molecule has 0 saturated carbocycles. The van der Waals surface area contributed by atoms with Crippen molar-refractivity contribution in [3.63, 3.8) is 0 Å². The number of methoxy groups -OCH3 is 1. The molecule has 0 radical (unpaired) electrons. The van der Waals surface area contributed by atoms with Crippen LogP contribution in [0, 0.1) is 21.7 Å². The molecular formula is C25H46N2O7. The molecule has 2 unspecified atom stereocenters. The highest BCUT2D eigenvalue weighted by atomic mass is 16.5. The molecule has 0 rings (SSSR count). The molecule has 4 N–H and O–H groups in total. The standard InChI is InChI=1S/C25H46N2O7/c1-22(2,3)25(8,9)15-24(6,7)18(20(31)32)27-17(28)12-11-16(19(29)30)26-21(33)23(4,5)13-14-34-10/h16,18H,11-15H2,1-10H3,(H,26,33)(H,27,28)(H,29,30)(H,31,32). The molecule has 0 aliphatic rings. The van der Waals surface area contributed by atoms with E-state index < -0.39 is 46.7 Å². The number of amides is 2. The fourth-order valence-electron chi connectivity index (χ4n) is 3.69. The van der Waals surface area contributed by atoms with E-state index in [1.54, 1.807) is 13.8 Å². The Balaban J connectivity index is 5.29. The summed E-state index contributed by atoms with van der Waals surface area (Å²) in [6.45, 7) is 17.8. The number of carbonyl (C=O) groups excluding carboxylic acids is 2. The van der Waals surface area contributed by atoms with E-state index in [-0.39, 0.29) is 23.7 Å². The number of aliphatic carboxylic acids is 2. The van der Waals surface area contributed by atoms with E-state index in [4.69, 9.17) is 4.74 Å². The Morgan fingerprint density at radius 2 is 1.38 bits per heavy atom. The van der Waals surface area contributed by atoms with E-state index in [2.05, 4.69) is 45.3 Å². The molecule has 9 heteroatoms. The van der Waals surface area contributed by atoms with Crippen LogP contribution in [-0.2, 0) is 23.9 Å². The smallest absolute Gasteiger partial charge is 0.326 e. The van der Waals surface area contributed by atoms with Gasteiger partial charge in [0.25, 0.3) is 0 Å². The van der Waals surface area contributed by atoms with Gasteiger partial charge in [0.2, 0.25) is 11.8 Å². The molecule has 0 fully saturated rings. The number of rotatable bonds is 14. The molecule has 0 spiro atoms. The number of ether oxygens (including phenoxy) is 1. The maximum absolute atomic E-state index is 12.6. The molecule has 0 bridgehead atoms. The largest absolute Gasteiger partial charge is 0.480 e. The van der Waals surface area contributed by atoms with E-state index in [0.717, 1.165) is 0 Å². The molecule has 0 heterocycles. The molecule has 34 heavy (non-hydrogen) atoms. The third kappa shape index (κ3) is 9.60. The quantitative estimate of drug-likeness (QED) is 0.294. The molecule has 0 aromatic heterocycles. The van der Waals surface area contributed by atoms with Gasteiger partial charge in [-0.15, -0.1) is 0 Å². The van der Waals surface area contributed by atoms with Crippen molar-refractivity contribution in [1.82, 2.24) is 10.6 Å². The minimum Gasteiger partial charge on any atom is -0.480 e. The number of carbonyl (C=O) groups is 4. The summed E-state index contributed by atoms with van der Waals surface area (Å²) in [6.07, 6.45) is 0.555. The van der Waals surface area contributed by atoms with Crippen LogP contribution in [0.15, 0.2) is 0 Å². The molecule has 0 aliphatic carbocycles. The van der Waals surface area contributed by atoms with Gasteiger partial charge in [-0.2, -0.15) is 0 Å². The van der Waals surface area contributed by atoms with Crippen LogP contribution in [0.2, 0.25) is 0 Å². The highest BCUT2D eigenvalue weighted by molar-refractivity contribution is 5.88. The molecule has 9 nitrogen and oxygen atoms in total. The lowest BCUT2D eigenvalue weighted by molar-refractivity contribution is -0.147. The van der Waals surface area contributed by atoms with Crippen molar-refractivity contribution < 1.29 is 34.1 Å². The van der Waals surface area contributed by atoms with Gasteiger partial charge in [-0.1, -0.05) is 62.3 Å². The van der Waals surface area contributed by atoms with Crippen molar-refractivity contribution in [2.24, 2.45) is 21.7 Å². The molecule has 0 aromatic rings. The van der Waals surface area contributed by atoms with E-state index in [1.165, 1.54) is 7.11 Å². The third-order valence-corrected chi connectivity index (χ3v) is 7.07. The van der Waals surface area contributed by atoms with Crippen LogP contribution in [0.3, 0.4) is 0 Å². The van der Waals surface area contributed by atoms with Gasteiger partial charge < -0.3 is 25.6 Å². The molecule has 2 amide bonds. The number of nitrogens with one attached hydrogen (secondary N) is 2.